The smallest absolute Gasteiger partial charge is 0.137 e. The van der Waals surface area contributed by atoms with E-state index in [0.29, 0.717) is 0 Å². The van der Waals surface area contributed by atoms with E-state index in [9.17, 15) is 0 Å². The number of nitrogens with zero attached hydrogens (tertiary/aromatic N) is 5. The van der Waals surface area contributed by atoms with Gasteiger partial charge in [-0.2, -0.15) is 0 Å². The largest absolute Gasteiger partial charge is 0.370 e. The molecule has 176 valence electrons. The van der Waals surface area contributed by atoms with Gasteiger partial charge in [-0.1, -0.05) is 26.0 Å². The van der Waals surface area contributed by atoms with E-state index in [1.165, 1.54) is 42.8 Å². The molecule has 3 aliphatic heterocycles. The van der Waals surface area contributed by atoms with E-state index >= 15 is 0 Å². The summed E-state index contributed by atoms with van der Waals surface area (Å²) in [7, 11) is 1.84. The van der Waals surface area contributed by atoms with Crippen molar-refractivity contribution in [3.8, 4) is 0 Å². The molecule has 0 aromatic carbocycles. The number of rotatable bonds is 8. The number of allylic oxidation sites excluding steroid dienone is 6. The molecule has 1 saturated heterocycles. The highest BCUT2D eigenvalue weighted by Gasteiger charge is 2.32. The number of hydrogen-bond acceptors (Lipinski definition) is 5. The zero-order valence-electron chi connectivity index (χ0n) is 21.1. The number of likely N-dealkylation sites (tertiary alicyclic amines) is 1. The van der Waals surface area contributed by atoms with E-state index in [-0.39, 0.29) is 0 Å². The van der Waals surface area contributed by atoms with Gasteiger partial charge in [-0.3, -0.25) is 9.89 Å². The van der Waals surface area contributed by atoms with Crippen LogP contribution in [0.2, 0.25) is 0 Å². The predicted octanol–water partition coefficient (Wildman–Crippen LogP) is 5.30. The first kappa shape index (κ1) is 23.5. The molecule has 5 heteroatoms. The first-order valence-corrected chi connectivity index (χ1v) is 12.4. The lowest BCUT2D eigenvalue weighted by Crippen LogP contribution is -2.51. The summed E-state index contributed by atoms with van der Waals surface area (Å²) in [6.07, 6.45) is 14.6. The second kappa shape index (κ2) is 10.1. The third-order valence-electron chi connectivity index (χ3n) is 7.26. The SMILES string of the molecule is C=C(C)/C(C)=C/C(=NC)C1=CC(=C2CCC2)N2C=C(N3CC(CN(CC)CC)C3)C=CC2=N1. The van der Waals surface area contributed by atoms with E-state index in [0.717, 1.165) is 60.5 Å². The van der Waals surface area contributed by atoms with Crippen molar-refractivity contribution < 1.29 is 0 Å². The third kappa shape index (κ3) is 4.98. The van der Waals surface area contributed by atoms with Gasteiger partial charge in [0.2, 0.25) is 0 Å². The van der Waals surface area contributed by atoms with E-state index in [4.69, 9.17) is 4.99 Å². The Bertz CT molecular complexity index is 1000. The van der Waals surface area contributed by atoms with Crippen LogP contribution in [0, 0.1) is 5.92 Å². The lowest BCUT2D eigenvalue weighted by Gasteiger charge is -2.45. The standard InChI is InChI=1S/C28H39N5/c1-7-31(8-2)16-22-17-32(18-22)24-12-13-28-30-26(25(29-6)14-21(5)20(3)4)15-27(33(28)19-24)23-10-9-11-23/h12-15,19,22H,3,7-11,16-18H2,1-2,4-6H3/b21-14+,29-25?. The van der Waals surface area contributed by atoms with Crippen molar-refractivity contribution in [3.63, 3.8) is 0 Å². The normalized spacial score (nSPS) is 21.5. The molecule has 0 N–H and O–H groups in total. The van der Waals surface area contributed by atoms with Gasteiger partial charge in [-0.15, -0.1) is 0 Å². The first-order chi connectivity index (χ1) is 15.9. The molecule has 0 radical (unpaired) electrons. The minimum Gasteiger partial charge on any atom is -0.370 e. The molecule has 0 spiro atoms. The van der Waals surface area contributed by atoms with Crippen molar-refractivity contribution in [1.29, 1.82) is 0 Å². The van der Waals surface area contributed by atoms with Crippen molar-refractivity contribution in [3.05, 3.63) is 70.9 Å². The monoisotopic (exact) mass is 445 g/mol. The highest BCUT2D eigenvalue weighted by atomic mass is 15.3. The van der Waals surface area contributed by atoms with Crippen LogP contribution < -0.4 is 0 Å². The first-order valence-electron chi connectivity index (χ1n) is 12.4. The molecule has 33 heavy (non-hydrogen) atoms. The van der Waals surface area contributed by atoms with E-state index in [1.807, 2.05) is 14.0 Å². The van der Waals surface area contributed by atoms with Gasteiger partial charge in [0.15, 0.2) is 0 Å². The van der Waals surface area contributed by atoms with Crippen molar-refractivity contribution in [1.82, 2.24) is 14.7 Å². The van der Waals surface area contributed by atoms with E-state index in [2.05, 4.69) is 77.5 Å². The van der Waals surface area contributed by atoms with Gasteiger partial charge in [0.05, 0.1) is 17.1 Å². The summed E-state index contributed by atoms with van der Waals surface area (Å²) in [5.74, 6) is 1.74. The Hall–Kier alpha value is -2.66. The molecule has 0 unspecified atom stereocenters. The molecule has 0 atom stereocenters. The van der Waals surface area contributed by atoms with E-state index < -0.39 is 0 Å². The van der Waals surface area contributed by atoms with Crippen molar-refractivity contribution in [2.45, 2.75) is 47.0 Å². The molecule has 4 rings (SSSR count). The predicted molar refractivity (Wildman–Crippen MR) is 140 cm³/mol. The maximum atomic E-state index is 5.00. The summed E-state index contributed by atoms with van der Waals surface area (Å²) in [5, 5.41) is 0. The van der Waals surface area contributed by atoms with Crippen LogP contribution in [0.4, 0.5) is 0 Å². The maximum Gasteiger partial charge on any atom is 0.137 e. The van der Waals surface area contributed by atoms with Crippen LogP contribution in [0.15, 0.2) is 80.9 Å². The summed E-state index contributed by atoms with van der Waals surface area (Å²) < 4.78 is 0. The Balaban J connectivity index is 1.55. The molecule has 1 saturated carbocycles. The Morgan fingerprint density at radius 3 is 2.52 bits per heavy atom. The third-order valence-corrected chi connectivity index (χ3v) is 7.26. The Morgan fingerprint density at radius 2 is 1.94 bits per heavy atom. The fraction of sp³-hybridized carbons (Fsp3) is 0.500. The highest BCUT2D eigenvalue weighted by Crippen LogP contribution is 2.36. The van der Waals surface area contributed by atoms with Crippen LogP contribution in [-0.4, -0.2) is 66.0 Å². The maximum absolute atomic E-state index is 5.00. The second-order valence-corrected chi connectivity index (χ2v) is 9.57. The van der Waals surface area contributed by atoms with Crippen LogP contribution in [0.3, 0.4) is 0 Å². The highest BCUT2D eigenvalue weighted by molar-refractivity contribution is 6.12. The van der Waals surface area contributed by atoms with Crippen LogP contribution in [0.25, 0.3) is 0 Å². The second-order valence-electron chi connectivity index (χ2n) is 9.57. The van der Waals surface area contributed by atoms with Gasteiger partial charge < -0.3 is 9.80 Å². The topological polar surface area (TPSA) is 34.4 Å². The van der Waals surface area contributed by atoms with Crippen LogP contribution in [0.1, 0.15) is 47.0 Å². The number of fused-ring (bicyclic) bond motifs is 1. The molecular weight excluding hydrogens is 406 g/mol. The molecule has 0 aromatic heterocycles. The quantitative estimate of drug-likeness (QED) is 0.376. The summed E-state index contributed by atoms with van der Waals surface area (Å²) in [4.78, 5) is 16.9. The molecule has 5 nitrogen and oxygen atoms in total. The molecule has 0 bridgehead atoms. The molecular formula is C28H39N5. The van der Waals surface area contributed by atoms with E-state index in [1.54, 1.807) is 0 Å². The lowest BCUT2D eigenvalue weighted by molar-refractivity contribution is 0.103. The van der Waals surface area contributed by atoms with Crippen molar-refractivity contribution >= 4 is 11.5 Å². The summed E-state index contributed by atoms with van der Waals surface area (Å²) >= 11 is 0. The molecule has 3 heterocycles. The Morgan fingerprint density at radius 1 is 1.21 bits per heavy atom. The fourth-order valence-corrected chi connectivity index (χ4v) is 4.65. The molecule has 1 aliphatic carbocycles. The van der Waals surface area contributed by atoms with Gasteiger partial charge >= 0.3 is 0 Å². The number of amidine groups is 1. The minimum absolute atomic E-state index is 0.762. The molecule has 2 fully saturated rings. The van der Waals surface area contributed by atoms with Crippen molar-refractivity contribution in [2.75, 3.05) is 39.8 Å². The van der Waals surface area contributed by atoms with Crippen molar-refractivity contribution in [2.24, 2.45) is 15.9 Å². The average Bonchev–Trinajstić information content (AvgIpc) is 2.75. The van der Waals surface area contributed by atoms with Crippen LogP contribution in [-0.2, 0) is 0 Å². The average molecular weight is 446 g/mol. The number of aliphatic imine (C=N–C) groups is 2. The summed E-state index contributed by atoms with van der Waals surface area (Å²) in [6.45, 7) is 18.4. The van der Waals surface area contributed by atoms with Gasteiger partial charge in [0.25, 0.3) is 0 Å². The molecule has 0 amide bonds. The Kier molecular flexibility index (Phi) is 7.18. The van der Waals surface area contributed by atoms with Gasteiger partial charge in [-0.25, -0.2) is 4.99 Å². The van der Waals surface area contributed by atoms with Gasteiger partial charge in [0, 0.05) is 44.5 Å². The van der Waals surface area contributed by atoms with Crippen LogP contribution in [0.5, 0.6) is 0 Å². The minimum atomic E-state index is 0.762. The zero-order chi connectivity index (χ0) is 23.5. The Labute approximate surface area is 200 Å². The van der Waals surface area contributed by atoms with Gasteiger partial charge in [-0.05, 0) is 81.6 Å². The summed E-state index contributed by atoms with van der Waals surface area (Å²) in [5.41, 5.74) is 8.12. The lowest BCUT2D eigenvalue weighted by atomic mass is 9.88. The summed E-state index contributed by atoms with van der Waals surface area (Å²) in [6, 6.07) is 0. The fourth-order valence-electron chi connectivity index (χ4n) is 4.65. The molecule has 4 aliphatic rings. The number of hydrogen-bond donors (Lipinski definition) is 0. The zero-order valence-corrected chi connectivity index (χ0v) is 21.1. The van der Waals surface area contributed by atoms with Gasteiger partial charge in [0.1, 0.15) is 5.84 Å². The van der Waals surface area contributed by atoms with Crippen LogP contribution >= 0.6 is 0 Å². The molecule has 0 aromatic rings.